The van der Waals surface area contributed by atoms with Crippen LogP contribution in [0.1, 0.15) is 5.56 Å². The van der Waals surface area contributed by atoms with E-state index in [0.717, 1.165) is 16.5 Å². The number of nitrogens with zero attached hydrogens (tertiary/aromatic N) is 2. The number of fused-ring (bicyclic) bond motifs is 3. The lowest BCUT2D eigenvalue weighted by molar-refractivity contribution is 0.819. The normalized spacial score (nSPS) is 11.4. The quantitative estimate of drug-likeness (QED) is 0.251. The van der Waals surface area contributed by atoms with Crippen LogP contribution >= 0.6 is 35.0 Å². The second kappa shape index (κ2) is 7.84. The van der Waals surface area contributed by atoms with E-state index in [2.05, 4.69) is 4.98 Å². The van der Waals surface area contributed by atoms with Gasteiger partial charge in [-0.1, -0.05) is 71.4 Å². The Kier molecular flexibility index (Phi) is 5.03. The van der Waals surface area contributed by atoms with Gasteiger partial charge in [0.1, 0.15) is 11.0 Å². The predicted octanol–water partition coefficient (Wildman–Crippen LogP) is 6.47. The maximum atomic E-state index is 13.5. The van der Waals surface area contributed by atoms with E-state index < -0.39 is 0 Å². The molecular formula is C23H15Cl2N3OS. The third-order valence-corrected chi connectivity index (χ3v) is 6.34. The van der Waals surface area contributed by atoms with Gasteiger partial charge in [-0.25, -0.2) is 4.98 Å². The first-order chi connectivity index (χ1) is 14.6. The number of hydrogen-bond donors (Lipinski definition) is 1. The van der Waals surface area contributed by atoms with Gasteiger partial charge in [0.05, 0.1) is 5.69 Å². The lowest BCUT2D eigenvalue weighted by atomic mass is 10.2. The molecule has 0 radical (unpaired) electrons. The van der Waals surface area contributed by atoms with E-state index in [1.165, 1.54) is 11.8 Å². The molecule has 1 N–H and O–H groups in total. The highest BCUT2D eigenvalue weighted by Crippen LogP contribution is 2.29. The number of nitrogens with one attached hydrogen (secondary N) is 1. The summed E-state index contributed by atoms with van der Waals surface area (Å²) in [6, 6.07) is 22.7. The molecule has 0 unspecified atom stereocenters. The highest BCUT2D eigenvalue weighted by Gasteiger charge is 2.17. The topological polar surface area (TPSA) is 50.7 Å². The molecular weight excluding hydrogens is 437 g/mol. The summed E-state index contributed by atoms with van der Waals surface area (Å²) in [6.07, 6.45) is 0. The van der Waals surface area contributed by atoms with Crippen molar-refractivity contribution < 1.29 is 0 Å². The van der Waals surface area contributed by atoms with Gasteiger partial charge in [-0.05, 0) is 42.0 Å². The first-order valence-corrected chi connectivity index (χ1v) is 11.0. The fourth-order valence-electron chi connectivity index (χ4n) is 3.41. The second-order valence-electron chi connectivity index (χ2n) is 6.82. The summed E-state index contributed by atoms with van der Waals surface area (Å²) in [6.45, 7) is 0. The van der Waals surface area contributed by atoms with Crippen LogP contribution in [0.5, 0.6) is 0 Å². The molecule has 0 bridgehead atoms. The van der Waals surface area contributed by atoms with Crippen LogP contribution in [0.2, 0.25) is 10.0 Å². The highest BCUT2D eigenvalue weighted by atomic mass is 35.5. The molecule has 0 spiro atoms. The van der Waals surface area contributed by atoms with Crippen molar-refractivity contribution in [2.75, 3.05) is 0 Å². The van der Waals surface area contributed by atoms with Gasteiger partial charge in [0, 0.05) is 26.7 Å². The number of aromatic nitrogens is 3. The van der Waals surface area contributed by atoms with Crippen molar-refractivity contribution in [3.63, 3.8) is 0 Å². The molecule has 148 valence electrons. The van der Waals surface area contributed by atoms with Crippen molar-refractivity contribution >= 4 is 56.9 Å². The molecule has 2 aromatic heterocycles. The number of hydrogen-bond acceptors (Lipinski definition) is 3. The van der Waals surface area contributed by atoms with Gasteiger partial charge in [-0.3, -0.25) is 9.36 Å². The zero-order valence-electron chi connectivity index (χ0n) is 15.6. The Morgan fingerprint density at radius 1 is 0.933 bits per heavy atom. The molecule has 5 rings (SSSR count). The molecule has 2 heterocycles. The molecule has 0 fully saturated rings. The largest absolute Gasteiger partial charge is 0.349 e. The van der Waals surface area contributed by atoms with Crippen LogP contribution in [-0.2, 0) is 5.75 Å². The Bertz CT molecular complexity index is 1440. The van der Waals surface area contributed by atoms with Gasteiger partial charge in [0.15, 0.2) is 5.16 Å². The fraction of sp³-hybridized carbons (Fsp3) is 0.0435. The van der Waals surface area contributed by atoms with Crippen LogP contribution in [0, 0.1) is 0 Å². The predicted molar refractivity (Wildman–Crippen MR) is 125 cm³/mol. The standard InChI is InChI=1S/C23H15Cl2N3OS/c24-15-10-8-14(9-11-15)13-30-23-27-20-18-6-1-2-7-19(18)26-21(20)22(29)28(23)17-5-3-4-16(25)12-17/h1-12,26H,13H2. The number of benzene rings is 3. The molecule has 0 saturated heterocycles. The summed E-state index contributed by atoms with van der Waals surface area (Å²) in [7, 11) is 0. The summed E-state index contributed by atoms with van der Waals surface area (Å²) in [5, 5.41) is 2.79. The van der Waals surface area contributed by atoms with Crippen LogP contribution < -0.4 is 5.56 Å². The van der Waals surface area contributed by atoms with Crippen molar-refractivity contribution in [1.29, 1.82) is 0 Å². The smallest absolute Gasteiger partial charge is 0.283 e. The maximum Gasteiger partial charge on any atom is 0.283 e. The van der Waals surface area contributed by atoms with Gasteiger partial charge < -0.3 is 4.98 Å². The minimum Gasteiger partial charge on any atom is -0.349 e. The van der Waals surface area contributed by atoms with Gasteiger partial charge in [-0.2, -0.15) is 0 Å². The first kappa shape index (κ1) is 19.2. The number of rotatable bonds is 4. The number of halogens is 2. The van der Waals surface area contributed by atoms with Crippen LogP contribution in [0.4, 0.5) is 0 Å². The van der Waals surface area contributed by atoms with E-state index in [0.29, 0.717) is 37.7 Å². The summed E-state index contributed by atoms with van der Waals surface area (Å²) >= 11 is 13.7. The SMILES string of the molecule is O=c1c2[nH]c3ccccc3c2nc(SCc2ccc(Cl)cc2)n1-c1cccc(Cl)c1. The van der Waals surface area contributed by atoms with Crippen LogP contribution in [0.15, 0.2) is 82.7 Å². The minimum absolute atomic E-state index is 0.155. The molecule has 0 aliphatic heterocycles. The van der Waals surface area contributed by atoms with Crippen molar-refractivity contribution in [3.8, 4) is 5.69 Å². The number of aromatic amines is 1. The Morgan fingerprint density at radius 2 is 1.73 bits per heavy atom. The van der Waals surface area contributed by atoms with Crippen molar-refractivity contribution in [2.24, 2.45) is 0 Å². The number of para-hydroxylation sites is 1. The van der Waals surface area contributed by atoms with Crippen LogP contribution in [0.25, 0.3) is 27.6 Å². The third-order valence-electron chi connectivity index (χ3n) is 4.84. The zero-order chi connectivity index (χ0) is 20.7. The van der Waals surface area contributed by atoms with Gasteiger partial charge in [-0.15, -0.1) is 0 Å². The molecule has 3 aromatic carbocycles. The average Bonchev–Trinajstić information content (AvgIpc) is 3.12. The van der Waals surface area contributed by atoms with E-state index in [4.69, 9.17) is 28.2 Å². The average molecular weight is 452 g/mol. The molecule has 0 saturated carbocycles. The summed E-state index contributed by atoms with van der Waals surface area (Å²) in [5.74, 6) is 0.651. The van der Waals surface area contributed by atoms with Crippen LogP contribution in [-0.4, -0.2) is 14.5 Å². The van der Waals surface area contributed by atoms with Crippen molar-refractivity contribution in [3.05, 3.63) is 98.8 Å². The summed E-state index contributed by atoms with van der Waals surface area (Å²) < 4.78 is 1.62. The Balaban J connectivity index is 1.71. The molecule has 7 heteroatoms. The Hall–Kier alpha value is -2.73. The lowest BCUT2D eigenvalue weighted by Crippen LogP contribution is -2.21. The molecule has 0 aliphatic rings. The van der Waals surface area contributed by atoms with Gasteiger partial charge >= 0.3 is 0 Å². The molecule has 30 heavy (non-hydrogen) atoms. The van der Waals surface area contributed by atoms with Crippen molar-refractivity contribution in [1.82, 2.24) is 14.5 Å². The highest BCUT2D eigenvalue weighted by molar-refractivity contribution is 7.98. The van der Waals surface area contributed by atoms with E-state index in [9.17, 15) is 4.79 Å². The molecule has 0 aliphatic carbocycles. The number of thioether (sulfide) groups is 1. The minimum atomic E-state index is -0.155. The fourth-order valence-corrected chi connectivity index (χ4v) is 4.68. The first-order valence-electron chi connectivity index (χ1n) is 9.27. The van der Waals surface area contributed by atoms with Crippen molar-refractivity contribution in [2.45, 2.75) is 10.9 Å². The molecule has 0 amide bonds. The molecule has 5 aromatic rings. The number of H-pyrrole nitrogens is 1. The molecule has 0 atom stereocenters. The van der Waals surface area contributed by atoms with E-state index >= 15 is 0 Å². The monoisotopic (exact) mass is 451 g/mol. The maximum absolute atomic E-state index is 13.5. The second-order valence-corrected chi connectivity index (χ2v) is 8.64. The summed E-state index contributed by atoms with van der Waals surface area (Å²) in [4.78, 5) is 21.6. The Morgan fingerprint density at radius 3 is 2.53 bits per heavy atom. The van der Waals surface area contributed by atoms with E-state index in [-0.39, 0.29) is 5.56 Å². The van der Waals surface area contributed by atoms with E-state index in [1.807, 2.05) is 60.7 Å². The lowest BCUT2D eigenvalue weighted by Gasteiger charge is -2.12. The van der Waals surface area contributed by atoms with Gasteiger partial charge in [0.2, 0.25) is 0 Å². The third kappa shape index (κ3) is 3.49. The summed E-state index contributed by atoms with van der Waals surface area (Å²) in [5.41, 5.74) is 3.65. The van der Waals surface area contributed by atoms with Gasteiger partial charge in [0.25, 0.3) is 5.56 Å². The Labute approximate surface area is 186 Å². The van der Waals surface area contributed by atoms with Crippen LogP contribution in [0.3, 0.4) is 0 Å². The van der Waals surface area contributed by atoms with E-state index in [1.54, 1.807) is 16.7 Å². The zero-order valence-corrected chi connectivity index (χ0v) is 17.9. The molecule has 4 nitrogen and oxygen atoms in total.